The predicted octanol–water partition coefficient (Wildman–Crippen LogP) is 7.54. The molecule has 0 spiro atoms. The van der Waals surface area contributed by atoms with Crippen LogP contribution in [0.1, 0.15) is 18.1 Å². The fourth-order valence-corrected chi connectivity index (χ4v) is 4.85. The molecule has 0 saturated heterocycles. The van der Waals surface area contributed by atoms with Crippen LogP contribution in [0, 0.1) is 11.3 Å². The van der Waals surface area contributed by atoms with E-state index in [1.165, 1.54) is 10.8 Å². The highest BCUT2D eigenvalue weighted by Crippen LogP contribution is 2.38. The highest BCUT2D eigenvalue weighted by Gasteiger charge is 2.14. The summed E-state index contributed by atoms with van der Waals surface area (Å²) in [6.45, 7) is 3.27. The standard InChI is InChI=1S/C30H24BrN3O2/c1-2-35-29-16-21(14-22(17-32)18-34-20-33-27-12-5-6-13-28(27)34)15-26(31)30(29)36-19-24-10-7-9-23-8-3-4-11-25(23)24/h3-16,20H,2,18-19H2,1H3/b22-14-. The average molecular weight is 538 g/mol. The van der Waals surface area contributed by atoms with Crippen LogP contribution in [-0.2, 0) is 13.2 Å². The molecule has 0 bridgehead atoms. The van der Waals surface area contributed by atoms with E-state index in [9.17, 15) is 5.26 Å². The van der Waals surface area contributed by atoms with Crippen LogP contribution in [0.15, 0.2) is 95.2 Å². The van der Waals surface area contributed by atoms with E-state index in [2.05, 4.69) is 51.2 Å². The van der Waals surface area contributed by atoms with E-state index in [0.717, 1.165) is 26.6 Å². The third-order valence-corrected chi connectivity index (χ3v) is 6.53. The summed E-state index contributed by atoms with van der Waals surface area (Å²) < 4.78 is 14.9. The first-order chi connectivity index (χ1) is 17.7. The van der Waals surface area contributed by atoms with Gasteiger partial charge in [0.15, 0.2) is 11.5 Å². The number of allylic oxidation sites excluding steroid dienone is 1. The highest BCUT2D eigenvalue weighted by atomic mass is 79.9. The van der Waals surface area contributed by atoms with Crippen LogP contribution in [0.5, 0.6) is 11.5 Å². The van der Waals surface area contributed by atoms with Crippen LogP contribution in [0.4, 0.5) is 0 Å². The summed E-state index contributed by atoms with van der Waals surface area (Å²) in [6, 6.07) is 28.6. The molecule has 0 radical (unpaired) electrons. The number of aromatic nitrogens is 2. The van der Waals surface area contributed by atoms with Gasteiger partial charge < -0.3 is 14.0 Å². The summed E-state index contributed by atoms with van der Waals surface area (Å²) in [7, 11) is 0. The molecule has 0 amide bonds. The van der Waals surface area contributed by atoms with Crippen LogP contribution >= 0.6 is 15.9 Å². The molecule has 5 aromatic rings. The van der Waals surface area contributed by atoms with Crippen molar-refractivity contribution in [3.05, 3.63) is 106 Å². The lowest BCUT2D eigenvalue weighted by molar-refractivity contribution is 0.268. The minimum absolute atomic E-state index is 0.409. The van der Waals surface area contributed by atoms with E-state index in [1.807, 2.05) is 72.2 Å². The smallest absolute Gasteiger partial charge is 0.175 e. The molecule has 0 saturated carbocycles. The molecule has 0 N–H and O–H groups in total. The Morgan fingerprint density at radius 3 is 2.69 bits per heavy atom. The van der Waals surface area contributed by atoms with Crippen LogP contribution in [0.25, 0.3) is 27.9 Å². The molecular formula is C30H24BrN3O2. The Morgan fingerprint density at radius 1 is 1.03 bits per heavy atom. The Kier molecular flexibility index (Phi) is 7.01. The van der Waals surface area contributed by atoms with E-state index < -0.39 is 0 Å². The van der Waals surface area contributed by atoms with Crippen molar-refractivity contribution in [3.63, 3.8) is 0 Å². The van der Waals surface area contributed by atoms with Crippen molar-refractivity contribution in [2.45, 2.75) is 20.1 Å². The summed E-state index contributed by atoms with van der Waals surface area (Å²) in [5.74, 6) is 1.27. The molecule has 0 atom stereocenters. The summed E-state index contributed by atoms with van der Waals surface area (Å²) in [5, 5.41) is 12.2. The topological polar surface area (TPSA) is 60.1 Å². The third-order valence-electron chi connectivity index (χ3n) is 5.94. The van der Waals surface area contributed by atoms with Crippen LogP contribution in [0.3, 0.4) is 0 Å². The number of ether oxygens (including phenoxy) is 2. The maximum absolute atomic E-state index is 9.83. The average Bonchev–Trinajstić information content (AvgIpc) is 3.31. The molecule has 0 aliphatic carbocycles. The maximum atomic E-state index is 9.83. The van der Waals surface area contributed by atoms with Gasteiger partial charge in [-0.05, 0) is 75.1 Å². The first-order valence-electron chi connectivity index (χ1n) is 11.7. The lowest BCUT2D eigenvalue weighted by Gasteiger charge is -2.16. The normalized spacial score (nSPS) is 11.5. The van der Waals surface area contributed by atoms with Crippen LogP contribution in [-0.4, -0.2) is 16.2 Å². The number of nitriles is 1. The summed E-state index contributed by atoms with van der Waals surface area (Å²) >= 11 is 3.66. The van der Waals surface area contributed by atoms with Crippen LogP contribution < -0.4 is 9.47 Å². The van der Waals surface area contributed by atoms with Gasteiger partial charge in [-0.25, -0.2) is 4.98 Å². The van der Waals surface area contributed by atoms with Gasteiger partial charge in [0, 0.05) is 5.57 Å². The van der Waals surface area contributed by atoms with Gasteiger partial charge in [-0.1, -0.05) is 54.6 Å². The second kappa shape index (κ2) is 10.7. The monoisotopic (exact) mass is 537 g/mol. The molecule has 6 heteroatoms. The van der Waals surface area contributed by atoms with Crippen molar-refractivity contribution in [1.29, 1.82) is 5.26 Å². The van der Waals surface area contributed by atoms with Gasteiger partial charge in [-0.3, -0.25) is 0 Å². The zero-order chi connectivity index (χ0) is 24.9. The third kappa shape index (κ3) is 4.98. The number of halogens is 1. The number of hydrogen-bond acceptors (Lipinski definition) is 4. The van der Waals surface area contributed by atoms with E-state index in [1.54, 1.807) is 6.33 Å². The van der Waals surface area contributed by atoms with Gasteiger partial charge in [0.05, 0.1) is 41.1 Å². The molecule has 5 nitrogen and oxygen atoms in total. The lowest BCUT2D eigenvalue weighted by atomic mass is 10.1. The molecule has 1 heterocycles. The number of para-hydroxylation sites is 2. The predicted molar refractivity (Wildman–Crippen MR) is 147 cm³/mol. The van der Waals surface area contributed by atoms with Crippen molar-refractivity contribution in [3.8, 4) is 17.6 Å². The number of imidazole rings is 1. The first kappa shape index (κ1) is 23.7. The van der Waals surface area contributed by atoms with Gasteiger partial charge in [0.2, 0.25) is 0 Å². The molecule has 0 aliphatic rings. The molecule has 0 aliphatic heterocycles. The quantitative estimate of drug-likeness (QED) is 0.192. The zero-order valence-corrected chi connectivity index (χ0v) is 21.4. The van der Waals surface area contributed by atoms with Crippen LogP contribution in [0.2, 0.25) is 0 Å². The lowest BCUT2D eigenvalue weighted by Crippen LogP contribution is -2.02. The number of fused-ring (bicyclic) bond motifs is 2. The van der Waals surface area contributed by atoms with Crippen molar-refractivity contribution in [2.75, 3.05) is 6.61 Å². The minimum atomic E-state index is 0.409. The molecule has 5 rings (SSSR count). The van der Waals surface area contributed by atoms with E-state index in [-0.39, 0.29) is 0 Å². The minimum Gasteiger partial charge on any atom is -0.490 e. The highest BCUT2D eigenvalue weighted by molar-refractivity contribution is 9.10. The SMILES string of the molecule is CCOc1cc(/C=C(/C#N)Cn2cnc3ccccc32)cc(Br)c1OCc1cccc2ccccc12. The molecule has 178 valence electrons. The zero-order valence-electron chi connectivity index (χ0n) is 19.8. The molecular weight excluding hydrogens is 514 g/mol. The Labute approximate surface area is 218 Å². The van der Waals surface area contributed by atoms with E-state index in [4.69, 9.17) is 9.47 Å². The largest absolute Gasteiger partial charge is 0.490 e. The van der Waals surface area contributed by atoms with E-state index >= 15 is 0 Å². The van der Waals surface area contributed by atoms with Crippen molar-refractivity contribution in [2.24, 2.45) is 0 Å². The number of nitrogens with zero attached hydrogens (tertiary/aromatic N) is 3. The summed E-state index contributed by atoms with van der Waals surface area (Å²) in [4.78, 5) is 4.42. The molecule has 4 aromatic carbocycles. The number of rotatable bonds is 8. The van der Waals surface area contributed by atoms with E-state index in [0.29, 0.717) is 36.8 Å². The molecule has 0 unspecified atom stereocenters. The maximum Gasteiger partial charge on any atom is 0.175 e. The van der Waals surface area contributed by atoms with Crippen molar-refractivity contribution >= 4 is 43.8 Å². The Morgan fingerprint density at radius 2 is 1.83 bits per heavy atom. The van der Waals surface area contributed by atoms with Gasteiger partial charge >= 0.3 is 0 Å². The Bertz CT molecular complexity index is 1610. The van der Waals surface area contributed by atoms with Gasteiger partial charge in [0.25, 0.3) is 0 Å². The fraction of sp³-hybridized carbons (Fsp3) is 0.133. The van der Waals surface area contributed by atoms with Gasteiger partial charge in [-0.2, -0.15) is 5.26 Å². The van der Waals surface area contributed by atoms with Crippen molar-refractivity contribution in [1.82, 2.24) is 9.55 Å². The van der Waals surface area contributed by atoms with Crippen molar-refractivity contribution < 1.29 is 9.47 Å². The second-order valence-corrected chi connectivity index (χ2v) is 9.19. The molecule has 36 heavy (non-hydrogen) atoms. The summed E-state index contributed by atoms with van der Waals surface area (Å²) in [5.41, 5.74) is 4.46. The van der Waals surface area contributed by atoms with Gasteiger partial charge in [-0.15, -0.1) is 0 Å². The number of benzene rings is 4. The molecule has 1 aromatic heterocycles. The summed E-state index contributed by atoms with van der Waals surface area (Å²) in [6.07, 6.45) is 3.64. The number of hydrogen-bond donors (Lipinski definition) is 0. The van der Waals surface area contributed by atoms with Gasteiger partial charge in [0.1, 0.15) is 6.61 Å². The molecule has 0 fully saturated rings. The Hall–Kier alpha value is -4.08. The second-order valence-electron chi connectivity index (χ2n) is 8.33. The Balaban J connectivity index is 1.42. The first-order valence-corrected chi connectivity index (χ1v) is 12.5. The fourth-order valence-electron chi connectivity index (χ4n) is 4.28.